The van der Waals surface area contributed by atoms with E-state index >= 15 is 0 Å². The van der Waals surface area contributed by atoms with Crippen molar-refractivity contribution in [2.45, 2.75) is 30.6 Å². The van der Waals surface area contributed by atoms with Crippen LogP contribution < -0.4 is 10.6 Å². The molecule has 2 N–H and O–H groups in total. The van der Waals surface area contributed by atoms with E-state index in [1.807, 2.05) is 18.2 Å². The minimum Gasteiger partial charge on any atom is -0.326 e. The number of hydrogen-bond donors (Lipinski definition) is 2. The van der Waals surface area contributed by atoms with E-state index in [1.54, 1.807) is 0 Å². The van der Waals surface area contributed by atoms with Crippen molar-refractivity contribution in [1.29, 1.82) is 0 Å². The molecule has 0 aromatic heterocycles. The van der Waals surface area contributed by atoms with E-state index in [2.05, 4.69) is 10.6 Å². The Bertz CT molecular complexity index is 616. The number of thioether (sulfide) groups is 1. The third-order valence-corrected chi connectivity index (χ3v) is 6.03. The number of benzene rings is 1. The Kier molecular flexibility index (Phi) is 3.17. The summed E-state index contributed by atoms with van der Waals surface area (Å²) in [6, 6.07) is 5.76. The fourth-order valence-corrected chi connectivity index (χ4v) is 4.75. The molecular formula is C16H18N2O2S. The van der Waals surface area contributed by atoms with E-state index in [9.17, 15) is 9.59 Å². The molecule has 1 aliphatic heterocycles. The number of hydrogen-bond acceptors (Lipinski definition) is 3. The maximum Gasteiger partial charge on any atom is 0.234 e. The molecule has 3 unspecified atom stereocenters. The molecule has 2 bridgehead atoms. The van der Waals surface area contributed by atoms with Crippen molar-refractivity contribution < 1.29 is 9.59 Å². The summed E-state index contributed by atoms with van der Waals surface area (Å²) in [5.74, 6) is 2.17. The number of carbonyl (C=O) groups is 2. The van der Waals surface area contributed by atoms with E-state index in [1.165, 1.54) is 31.0 Å². The van der Waals surface area contributed by atoms with Crippen LogP contribution in [-0.2, 0) is 9.59 Å². The molecule has 1 aromatic rings. The zero-order chi connectivity index (χ0) is 14.4. The van der Waals surface area contributed by atoms with Crippen LogP contribution in [0.5, 0.6) is 0 Å². The Hall–Kier alpha value is -1.49. The summed E-state index contributed by atoms with van der Waals surface area (Å²) >= 11 is 1.53. The lowest BCUT2D eigenvalue weighted by molar-refractivity contribution is -0.121. The highest BCUT2D eigenvalue weighted by Gasteiger charge is 2.43. The second kappa shape index (κ2) is 5.05. The zero-order valence-electron chi connectivity index (χ0n) is 11.7. The maximum absolute atomic E-state index is 12.4. The van der Waals surface area contributed by atoms with Gasteiger partial charge < -0.3 is 10.6 Å². The van der Waals surface area contributed by atoms with Crippen molar-refractivity contribution >= 4 is 35.0 Å². The third-order valence-electron chi connectivity index (χ3n) is 4.95. The smallest absolute Gasteiger partial charge is 0.234 e. The fourth-order valence-electron chi connectivity index (χ4n) is 3.96. The molecule has 21 heavy (non-hydrogen) atoms. The van der Waals surface area contributed by atoms with Crippen molar-refractivity contribution in [3.05, 3.63) is 18.2 Å². The lowest BCUT2D eigenvalue weighted by Crippen LogP contribution is -2.27. The Balaban J connectivity index is 1.48. The Morgan fingerprint density at radius 1 is 1.29 bits per heavy atom. The van der Waals surface area contributed by atoms with Crippen LogP contribution in [0.4, 0.5) is 11.4 Å². The Morgan fingerprint density at radius 2 is 2.19 bits per heavy atom. The van der Waals surface area contributed by atoms with E-state index in [-0.39, 0.29) is 17.7 Å². The molecule has 110 valence electrons. The molecule has 0 radical (unpaired) electrons. The zero-order valence-corrected chi connectivity index (χ0v) is 12.5. The van der Waals surface area contributed by atoms with Gasteiger partial charge in [-0.05, 0) is 49.3 Å². The van der Waals surface area contributed by atoms with E-state index in [0.29, 0.717) is 11.7 Å². The van der Waals surface area contributed by atoms with Gasteiger partial charge in [-0.15, -0.1) is 11.8 Å². The van der Waals surface area contributed by atoms with Crippen LogP contribution in [0, 0.1) is 17.8 Å². The van der Waals surface area contributed by atoms with E-state index in [4.69, 9.17) is 0 Å². The molecule has 3 atom stereocenters. The first-order valence-electron chi connectivity index (χ1n) is 7.56. The van der Waals surface area contributed by atoms with Crippen LogP contribution in [-0.4, -0.2) is 17.6 Å². The van der Waals surface area contributed by atoms with Gasteiger partial charge in [0.15, 0.2) is 0 Å². The van der Waals surface area contributed by atoms with Gasteiger partial charge >= 0.3 is 0 Å². The van der Waals surface area contributed by atoms with Crippen molar-refractivity contribution in [3.8, 4) is 0 Å². The van der Waals surface area contributed by atoms with Gasteiger partial charge in [-0.25, -0.2) is 0 Å². The first kappa shape index (κ1) is 13.2. The van der Waals surface area contributed by atoms with Crippen LogP contribution in [0.2, 0.25) is 0 Å². The van der Waals surface area contributed by atoms with Gasteiger partial charge in [0.05, 0.1) is 11.4 Å². The van der Waals surface area contributed by atoms with Crippen molar-refractivity contribution in [1.82, 2.24) is 0 Å². The van der Waals surface area contributed by atoms with Crippen LogP contribution in [0.1, 0.15) is 25.7 Å². The van der Waals surface area contributed by atoms with Gasteiger partial charge in [0.25, 0.3) is 0 Å². The number of anilines is 2. The monoisotopic (exact) mass is 302 g/mol. The lowest BCUT2D eigenvalue weighted by atomic mass is 9.88. The lowest BCUT2D eigenvalue weighted by Gasteiger charge is -2.22. The van der Waals surface area contributed by atoms with E-state index < -0.39 is 0 Å². The number of nitrogens with one attached hydrogen (secondary N) is 2. The van der Waals surface area contributed by atoms with Crippen molar-refractivity contribution in [2.75, 3.05) is 16.4 Å². The summed E-state index contributed by atoms with van der Waals surface area (Å²) in [7, 11) is 0. The molecule has 2 fully saturated rings. The first-order valence-corrected chi connectivity index (χ1v) is 8.55. The molecule has 2 saturated carbocycles. The summed E-state index contributed by atoms with van der Waals surface area (Å²) in [5.41, 5.74) is 1.59. The number of fused-ring (bicyclic) bond motifs is 3. The standard InChI is InChI=1S/C16H18N2O2S/c19-15-8-21-14-4-3-11(7-13(14)18-15)17-16(20)12-6-9-1-2-10(12)5-9/h3-4,7,9-10,12H,1-2,5-6,8H2,(H,17,20)(H,18,19). The van der Waals surface area contributed by atoms with Crippen molar-refractivity contribution in [2.24, 2.45) is 17.8 Å². The maximum atomic E-state index is 12.4. The van der Waals surface area contributed by atoms with Gasteiger partial charge in [-0.2, -0.15) is 0 Å². The summed E-state index contributed by atoms with van der Waals surface area (Å²) in [6.45, 7) is 0. The van der Waals surface area contributed by atoms with Crippen LogP contribution in [0.25, 0.3) is 0 Å². The summed E-state index contributed by atoms with van der Waals surface area (Å²) in [6.07, 6.45) is 4.79. The molecule has 4 rings (SSSR count). The highest BCUT2D eigenvalue weighted by molar-refractivity contribution is 8.00. The fraction of sp³-hybridized carbons (Fsp3) is 0.500. The molecule has 2 aliphatic carbocycles. The minimum atomic E-state index is 0.0177. The van der Waals surface area contributed by atoms with Gasteiger partial charge in [0.1, 0.15) is 0 Å². The minimum absolute atomic E-state index is 0.0177. The molecule has 4 nitrogen and oxygen atoms in total. The first-order chi connectivity index (χ1) is 10.2. The normalized spacial score (nSPS) is 29.9. The molecule has 1 heterocycles. The molecule has 5 heteroatoms. The highest BCUT2D eigenvalue weighted by atomic mass is 32.2. The molecule has 1 aromatic carbocycles. The largest absolute Gasteiger partial charge is 0.326 e. The predicted molar refractivity (Wildman–Crippen MR) is 83.4 cm³/mol. The quantitative estimate of drug-likeness (QED) is 0.882. The van der Waals surface area contributed by atoms with Gasteiger partial charge in [-0.1, -0.05) is 6.42 Å². The van der Waals surface area contributed by atoms with Gasteiger partial charge in [-0.3, -0.25) is 9.59 Å². The second-order valence-corrected chi connectivity index (χ2v) is 7.34. The molecule has 0 saturated heterocycles. The topological polar surface area (TPSA) is 58.2 Å². The van der Waals surface area contributed by atoms with E-state index in [0.717, 1.165) is 28.6 Å². The Morgan fingerprint density at radius 3 is 2.95 bits per heavy atom. The number of amides is 2. The highest BCUT2D eigenvalue weighted by Crippen LogP contribution is 2.48. The molecule has 0 spiro atoms. The summed E-state index contributed by atoms with van der Waals surface area (Å²) < 4.78 is 0. The van der Waals surface area contributed by atoms with Crippen LogP contribution >= 0.6 is 11.8 Å². The summed E-state index contributed by atoms with van der Waals surface area (Å²) in [5, 5.41) is 5.89. The van der Waals surface area contributed by atoms with Crippen LogP contribution in [0.3, 0.4) is 0 Å². The number of carbonyl (C=O) groups excluding carboxylic acids is 2. The average Bonchev–Trinajstić information content (AvgIpc) is 3.09. The molecule has 3 aliphatic rings. The van der Waals surface area contributed by atoms with Crippen molar-refractivity contribution in [3.63, 3.8) is 0 Å². The Labute approximate surface area is 128 Å². The summed E-state index contributed by atoms with van der Waals surface area (Å²) in [4.78, 5) is 24.9. The van der Waals surface area contributed by atoms with Crippen LogP contribution in [0.15, 0.2) is 23.1 Å². The van der Waals surface area contributed by atoms with Gasteiger partial charge in [0, 0.05) is 16.5 Å². The average molecular weight is 302 g/mol. The molecular weight excluding hydrogens is 284 g/mol. The number of rotatable bonds is 2. The SMILES string of the molecule is O=C1CSc2ccc(NC(=O)C3CC4CCC3C4)cc2N1. The third kappa shape index (κ3) is 2.44. The predicted octanol–water partition coefficient (Wildman–Crippen LogP) is 3.11. The van der Waals surface area contributed by atoms with Gasteiger partial charge in [0.2, 0.25) is 11.8 Å². The molecule has 2 amide bonds. The second-order valence-electron chi connectivity index (χ2n) is 6.32.